The molecule has 0 spiro atoms. The van der Waals surface area contributed by atoms with Crippen molar-refractivity contribution in [2.75, 3.05) is 14.2 Å². The Labute approximate surface area is 116 Å². The van der Waals surface area contributed by atoms with Gasteiger partial charge in [0.2, 0.25) is 0 Å². The molecule has 1 aromatic rings. The van der Waals surface area contributed by atoms with Gasteiger partial charge in [0, 0.05) is 19.3 Å². The summed E-state index contributed by atoms with van der Waals surface area (Å²) >= 11 is 0. The maximum absolute atomic E-state index is 5.12. The molecule has 0 aliphatic rings. The fourth-order valence-corrected chi connectivity index (χ4v) is 1.72. The number of hydrogen-bond acceptors (Lipinski definition) is 2. The maximum atomic E-state index is 5.12. The zero-order valence-electron chi connectivity index (χ0n) is 12.3. The first-order valence-electron chi connectivity index (χ1n) is 6.37. The highest BCUT2D eigenvalue weighted by atomic mass is 16.5. The maximum Gasteiger partial charge on any atom is 0.0930 e. The van der Waals surface area contributed by atoms with Crippen LogP contribution >= 0.6 is 0 Å². The summed E-state index contributed by atoms with van der Waals surface area (Å²) in [6.45, 7) is 8.91. The molecule has 0 amide bonds. The normalized spacial score (nSPS) is 12.2. The standard InChI is InChI=1S/C17H23NO/c1-14(12-16(3)19-5)11-15(2)18(4)13-17-9-7-6-8-10-17/h6-12H,1,13H2,2-5H3/b15-11+,16-12+. The topological polar surface area (TPSA) is 12.5 Å². The predicted molar refractivity (Wildman–Crippen MR) is 81.6 cm³/mol. The van der Waals surface area contributed by atoms with Crippen molar-refractivity contribution in [1.29, 1.82) is 0 Å². The molecule has 0 saturated carbocycles. The molecule has 0 aliphatic heterocycles. The summed E-state index contributed by atoms with van der Waals surface area (Å²) in [6, 6.07) is 10.4. The number of methoxy groups -OCH3 is 1. The average molecular weight is 257 g/mol. The summed E-state index contributed by atoms with van der Waals surface area (Å²) < 4.78 is 5.12. The minimum Gasteiger partial charge on any atom is -0.501 e. The van der Waals surface area contributed by atoms with Crippen LogP contribution in [0.3, 0.4) is 0 Å². The van der Waals surface area contributed by atoms with E-state index < -0.39 is 0 Å². The van der Waals surface area contributed by atoms with Crippen molar-refractivity contribution < 1.29 is 4.74 Å². The summed E-state index contributed by atoms with van der Waals surface area (Å²) in [5, 5.41) is 0. The fraction of sp³-hybridized carbons (Fsp3) is 0.294. The van der Waals surface area contributed by atoms with Gasteiger partial charge in [-0.15, -0.1) is 0 Å². The Hall–Kier alpha value is -1.96. The van der Waals surface area contributed by atoms with Crippen LogP contribution in [0.15, 0.2) is 66.1 Å². The molecule has 0 atom stereocenters. The molecule has 0 fully saturated rings. The Balaban J connectivity index is 2.66. The zero-order valence-corrected chi connectivity index (χ0v) is 12.3. The Bertz CT molecular complexity index is 471. The van der Waals surface area contributed by atoms with Crippen molar-refractivity contribution in [3.05, 3.63) is 71.7 Å². The largest absolute Gasteiger partial charge is 0.501 e. The Morgan fingerprint density at radius 3 is 2.42 bits per heavy atom. The number of nitrogens with zero attached hydrogens (tertiary/aromatic N) is 1. The molecular weight excluding hydrogens is 234 g/mol. The first-order valence-corrected chi connectivity index (χ1v) is 6.37. The highest BCUT2D eigenvalue weighted by Crippen LogP contribution is 2.11. The molecule has 2 heteroatoms. The van der Waals surface area contributed by atoms with Gasteiger partial charge >= 0.3 is 0 Å². The molecular formula is C17H23NO. The van der Waals surface area contributed by atoms with E-state index in [2.05, 4.69) is 55.8 Å². The summed E-state index contributed by atoms with van der Waals surface area (Å²) in [6.07, 6.45) is 3.99. The summed E-state index contributed by atoms with van der Waals surface area (Å²) in [5.41, 5.74) is 3.41. The van der Waals surface area contributed by atoms with Gasteiger partial charge in [-0.1, -0.05) is 36.9 Å². The van der Waals surface area contributed by atoms with Gasteiger partial charge in [-0.25, -0.2) is 0 Å². The number of ether oxygens (including phenoxy) is 1. The second kappa shape index (κ2) is 7.47. The van der Waals surface area contributed by atoms with E-state index in [4.69, 9.17) is 4.74 Å². The van der Waals surface area contributed by atoms with E-state index in [9.17, 15) is 0 Å². The van der Waals surface area contributed by atoms with Crippen LogP contribution in [0.1, 0.15) is 19.4 Å². The SMILES string of the molecule is C=C(/C=C(\C)OC)/C=C(\C)N(C)Cc1ccccc1. The third kappa shape index (κ3) is 5.47. The second-order valence-corrected chi connectivity index (χ2v) is 4.66. The van der Waals surface area contributed by atoms with Gasteiger partial charge in [0.15, 0.2) is 0 Å². The fourth-order valence-electron chi connectivity index (χ4n) is 1.72. The number of hydrogen-bond donors (Lipinski definition) is 0. The number of allylic oxidation sites excluding steroid dienone is 5. The molecule has 0 unspecified atom stereocenters. The third-order valence-corrected chi connectivity index (χ3v) is 2.97. The Kier molecular flexibility index (Phi) is 5.94. The van der Waals surface area contributed by atoms with Gasteiger partial charge in [-0.2, -0.15) is 0 Å². The van der Waals surface area contributed by atoms with Crippen molar-refractivity contribution in [3.63, 3.8) is 0 Å². The van der Waals surface area contributed by atoms with Crippen LogP contribution in [-0.2, 0) is 11.3 Å². The van der Waals surface area contributed by atoms with Crippen LogP contribution in [0.5, 0.6) is 0 Å². The lowest BCUT2D eigenvalue weighted by Gasteiger charge is -2.20. The van der Waals surface area contributed by atoms with Gasteiger partial charge in [-0.05, 0) is 37.1 Å². The molecule has 102 valence electrons. The lowest BCUT2D eigenvalue weighted by atomic mass is 10.2. The molecule has 0 heterocycles. The molecule has 1 aromatic carbocycles. The first kappa shape index (κ1) is 15.1. The molecule has 0 radical (unpaired) electrons. The molecule has 0 aromatic heterocycles. The van der Waals surface area contributed by atoms with Crippen LogP contribution in [0.25, 0.3) is 0 Å². The summed E-state index contributed by atoms with van der Waals surface area (Å²) in [4.78, 5) is 2.20. The second-order valence-electron chi connectivity index (χ2n) is 4.66. The Morgan fingerprint density at radius 1 is 1.21 bits per heavy atom. The Morgan fingerprint density at radius 2 is 1.84 bits per heavy atom. The monoisotopic (exact) mass is 257 g/mol. The van der Waals surface area contributed by atoms with Crippen LogP contribution in [0.4, 0.5) is 0 Å². The first-order chi connectivity index (χ1) is 9.02. The van der Waals surface area contributed by atoms with Gasteiger partial charge in [0.05, 0.1) is 12.9 Å². The van der Waals surface area contributed by atoms with E-state index in [-0.39, 0.29) is 0 Å². The predicted octanol–water partition coefficient (Wildman–Crippen LogP) is 4.13. The lowest BCUT2D eigenvalue weighted by Crippen LogP contribution is -2.15. The van der Waals surface area contributed by atoms with E-state index in [0.717, 1.165) is 17.9 Å². The molecule has 1 rings (SSSR count). The lowest BCUT2D eigenvalue weighted by molar-refractivity contribution is 0.293. The van der Waals surface area contributed by atoms with Gasteiger partial charge in [-0.3, -0.25) is 0 Å². The molecule has 19 heavy (non-hydrogen) atoms. The quantitative estimate of drug-likeness (QED) is 0.561. The molecule has 0 N–H and O–H groups in total. The van der Waals surface area contributed by atoms with Gasteiger partial charge in [0.1, 0.15) is 0 Å². The average Bonchev–Trinajstić information content (AvgIpc) is 2.39. The van der Waals surface area contributed by atoms with Crippen molar-refractivity contribution in [1.82, 2.24) is 4.90 Å². The van der Waals surface area contributed by atoms with Crippen LogP contribution in [0, 0.1) is 0 Å². The summed E-state index contributed by atoms with van der Waals surface area (Å²) in [7, 11) is 3.75. The molecule has 2 nitrogen and oxygen atoms in total. The molecule has 0 bridgehead atoms. The minimum absolute atomic E-state index is 0.861. The van der Waals surface area contributed by atoms with Gasteiger partial charge < -0.3 is 9.64 Å². The van der Waals surface area contributed by atoms with Crippen molar-refractivity contribution >= 4 is 0 Å². The smallest absolute Gasteiger partial charge is 0.0930 e. The van der Waals surface area contributed by atoms with E-state index in [1.165, 1.54) is 11.3 Å². The zero-order chi connectivity index (χ0) is 14.3. The van der Waals surface area contributed by atoms with Crippen LogP contribution < -0.4 is 0 Å². The highest BCUT2D eigenvalue weighted by Gasteiger charge is 2.01. The van der Waals surface area contributed by atoms with Crippen molar-refractivity contribution in [2.24, 2.45) is 0 Å². The highest BCUT2D eigenvalue weighted by molar-refractivity contribution is 5.31. The summed E-state index contributed by atoms with van der Waals surface area (Å²) in [5.74, 6) is 0.861. The van der Waals surface area contributed by atoms with Crippen LogP contribution in [-0.4, -0.2) is 19.1 Å². The minimum atomic E-state index is 0.861. The van der Waals surface area contributed by atoms with Gasteiger partial charge in [0.25, 0.3) is 0 Å². The van der Waals surface area contributed by atoms with E-state index in [0.29, 0.717) is 0 Å². The van der Waals surface area contributed by atoms with E-state index >= 15 is 0 Å². The number of benzene rings is 1. The molecule has 0 saturated heterocycles. The van der Waals surface area contributed by atoms with E-state index in [1.807, 2.05) is 19.1 Å². The third-order valence-electron chi connectivity index (χ3n) is 2.97. The van der Waals surface area contributed by atoms with Crippen molar-refractivity contribution in [3.8, 4) is 0 Å². The number of rotatable bonds is 6. The van der Waals surface area contributed by atoms with Crippen LogP contribution in [0.2, 0.25) is 0 Å². The van der Waals surface area contributed by atoms with Crippen molar-refractivity contribution in [2.45, 2.75) is 20.4 Å². The van der Waals surface area contributed by atoms with E-state index in [1.54, 1.807) is 7.11 Å². The molecule has 0 aliphatic carbocycles.